The first-order valence-corrected chi connectivity index (χ1v) is 6.10. The Labute approximate surface area is 122 Å². The second-order valence-corrected chi connectivity index (χ2v) is 4.63. The van der Waals surface area contributed by atoms with Crippen molar-refractivity contribution < 1.29 is 29.9 Å². The Morgan fingerprint density at radius 3 is 2.27 bits per heavy atom. The molecular weight excluding hydrogens is 292 g/mol. The van der Waals surface area contributed by atoms with Crippen LogP contribution in [0.1, 0.15) is 0 Å². The van der Waals surface area contributed by atoms with Crippen LogP contribution in [0.25, 0.3) is 22.3 Å². The first-order chi connectivity index (χ1) is 10.4. The average Bonchev–Trinajstić information content (AvgIpc) is 2.45. The molecule has 111 valence electrons. The number of phenolic OH excluding ortho intramolecular Hbond substituents is 3. The lowest BCUT2D eigenvalue weighted by molar-refractivity contribution is 0.351. The molecule has 2 aromatic carbocycles. The van der Waals surface area contributed by atoms with Gasteiger partial charge in [0.25, 0.3) is 0 Å². The molecule has 0 unspecified atom stereocenters. The number of benzene rings is 2. The molecule has 0 saturated heterocycles. The summed E-state index contributed by atoms with van der Waals surface area (Å²) in [5.74, 6) is -3.10. The maximum atomic E-state index is 12.1. The van der Waals surface area contributed by atoms with E-state index in [1.807, 2.05) is 0 Å². The Morgan fingerprint density at radius 2 is 1.59 bits per heavy atom. The van der Waals surface area contributed by atoms with Gasteiger partial charge in [-0.1, -0.05) is 0 Å². The van der Waals surface area contributed by atoms with Gasteiger partial charge in [-0.2, -0.15) is 0 Å². The Bertz CT molecular complexity index is 956. The summed E-state index contributed by atoms with van der Waals surface area (Å²) in [6.45, 7) is 0. The largest absolute Gasteiger partial charge is 0.507 e. The third-order valence-corrected chi connectivity index (χ3v) is 3.16. The van der Waals surface area contributed by atoms with Crippen molar-refractivity contribution >= 4 is 11.0 Å². The lowest BCUT2D eigenvalue weighted by Crippen LogP contribution is -2.02. The van der Waals surface area contributed by atoms with Gasteiger partial charge in [0, 0.05) is 17.7 Å². The van der Waals surface area contributed by atoms with E-state index >= 15 is 0 Å². The zero-order chi connectivity index (χ0) is 16.0. The zero-order valence-electron chi connectivity index (χ0n) is 10.9. The fraction of sp³-hybridized carbons (Fsp3) is 0. The van der Waals surface area contributed by atoms with Crippen molar-refractivity contribution in [3.05, 3.63) is 40.6 Å². The molecule has 1 radical (unpaired) electrons. The van der Waals surface area contributed by atoms with Crippen molar-refractivity contribution in [2.75, 3.05) is 0 Å². The lowest BCUT2D eigenvalue weighted by atomic mass is 10.1. The third kappa shape index (κ3) is 1.96. The molecule has 1 heterocycles. The second-order valence-electron chi connectivity index (χ2n) is 4.63. The van der Waals surface area contributed by atoms with Crippen molar-refractivity contribution in [2.24, 2.45) is 0 Å². The molecule has 1 aromatic heterocycles. The summed E-state index contributed by atoms with van der Waals surface area (Å²) in [6, 6.07) is 5.38. The van der Waals surface area contributed by atoms with Crippen LogP contribution in [0.5, 0.6) is 28.7 Å². The van der Waals surface area contributed by atoms with Gasteiger partial charge in [0.2, 0.25) is 11.2 Å². The van der Waals surface area contributed by atoms with Crippen LogP contribution in [0.15, 0.2) is 39.5 Å². The first-order valence-electron chi connectivity index (χ1n) is 6.10. The standard InChI is InChI=1S/C15H9O7/c16-7-4-10(19)12-11(5-7)22-15(14(21)13(12)20)6-1-2-8(17)9(18)3-6/h1-5,17-19,21H. The molecule has 0 aliphatic carbocycles. The quantitative estimate of drug-likeness (QED) is 0.510. The number of hydrogen-bond donors (Lipinski definition) is 4. The van der Waals surface area contributed by atoms with Gasteiger partial charge in [0.1, 0.15) is 16.7 Å². The van der Waals surface area contributed by atoms with Gasteiger partial charge in [-0.05, 0) is 18.2 Å². The Balaban J connectivity index is 2.38. The van der Waals surface area contributed by atoms with E-state index in [0.29, 0.717) is 0 Å². The van der Waals surface area contributed by atoms with Crippen molar-refractivity contribution in [3.8, 4) is 40.1 Å². The predicted octanol–water partition coefficient (Wildman–Crippen LogP) is 2.43. The zero-order valence-corrected chi connectivity index (χ0v) is 10.9. The van der Waals surface area contributed by atoms with Crippen LogP contribution < -0.4 is 5.43 Å². The Kier molecular flexibility index (Phi) is 2.84. The lowest BCUT2D eigenvalue weighted by Gasteiger charge is -2.08. The fourth-order valence-corrected chi connectivity index (χ4v) is 2.13. The van der Waals surface area contributed by atoms with Crippen LogP contribution in [-0.4, -0.2) is 20.4 Å². The summed E-state index contributed by atoms with van der Waals surface area (Å²) in [7, 11) is 0. The normalized spacial score (nSPS) is 10.9. The molecule has 0 atom stereocenters. The summed E-state index contributed by atoms with van der Waals surface area (Å²) >= 11 is 0. The summed E-state index contributed by atoms with van der Waals surface area (Å²) in [4.78, 5) is 12.1. The third-order valence-electron chi connectivity index (χ3n) is 3.16. The first kappa shape index (κ1) is 13.6. The molecule has 0 saturated carbocycles. The van der Waals surface area contributed by atoms with Crippen LogP contribution in [0.4, 0.5) is 0 Å². The van der Waals surface area contributed by atoms with Gasteiger partial charge in [0.15, 0.2) is 23.0 Å². The molecule has 0 bridgehead atoms. The highest BCUT2D eigenvalue weighted by Crippen LogP contribution is 2.37. The van der Waals surface area contributed by atoms with Gasteiger partial charge in [-0.15, -0.1) is 0 Å². The minimum Gasteiger partial charge on any atom is -0.507 e. The summed E-state index contributed by atoms with van der Waals surface area (Å²) in [6.07, 6.45) is 0. The SMILES string of the molecule is [O]c1cc(O)c2c(=O)c(O)c(-c3ccc(O)c(O)c3)oc2c1. The topological polar surface area (TPSA) is 131 Å². The van der Waals surface area contributed by atoms with E-state index in [1.165, 1.54) is 6.07 Å². The monoisotopic (exact) mass is 301 g/mol. The Hall–Kier alpha value is -3.35. The van der Waals surface area contributed by atoms with Crippen LogP contribution >= 0.6 is 0 Å². The van der Waals surface area contributed by atoms with E-state index in [4.69, 9.17) is 4.42 Å². The highest BCUT2D eigenvalue weighted by molar-refractivity contribution is 5.88. The molecular formula is C15H9O7. The van der Waals surface area contributed by atoms with Crippen molar-refractivity contribution in [2.45, 2.75) is 0 Å². The van der Waals surface area contributed by atoms with Gasteiger partial charge < -0.3 is 24.8 Å². The second kappa shape index (κ2) is 4.59. The number of aromatic hydroxyl groups is 4. The molecule has 7 heteroatoms. The molecule has 3 aromatic rings. The summed E-state index contributed by atoms with van der Waals surface area (Å²) < 4.78 is 5.31. The molecule has 0 aliphatic heterocycles. The number of rotatable bonds is 1. The molecule has 0 fully saturated rings. The van der Waals surface area contributed by atoms with Crippen LogP contribution in [0, 0.1) is 0 Å². The minimum absolute atomic E-state index is 0.114. The van der Waals surface area contributed by atoms with Crippen LogP contribution in [0.3, 0.4) is 0 Å². The van der Waals surface area contributed by atoms with Gasteiger partial charge in [-0.3, -0.25) is 9.90 Å². The summed E-state index contributed by atoms with van der Waals surface area (Å²) in [5.41, 5.74) is -1.00. The number of fused-ring (bicyclic) bond motifs is 1. The molecule has 22 heavy (non-hydrogen) atoms. The molecule has 0 aliphatic rings. The van der Waals surface area contributed by atoms with E-state index in [9.17, 15) is 30.3 Å². The van der Waals surface area contributed by atoms with Gasteiger partial charge in [0.05, 0.1) is 0 Å². The molecule has 7 nitrogen and oxygen atoms in total. The number of phenols is 3. The van der Waals surface area contributed by atoms with Gasteiger partial charge in [-0.25, -0.2) is 0 Å². The molecule has 4 N–H and O–H groups in total. The molecule has 3 rings (SSSR count). The van der Waals surface area contributed by atoms with E-state index in [-0.39, 0.29) is 28.0 Å². The summed E-state index contributed by atoms with van der Waals surface area (Å²) in [5, 5.41) is 49.5. The maximum absolute atomic E-state index is 12.1. The minimum atomic E-state index is -0.915. The number of hydrogen-bond acceptors (Lipinski definition) is 6. The Morgan fingerprint density at radius 1 is 0.864 bits per heavy atom. The van der Waals surface area contributed by atoms with Gasteiger partial charge >= 0.3 is 0 Å². The molecule has 0 amide bonds. The van der Waals surface area contributed by atoms with Crippen molar-refractivity contribution in [1.29, 1.82) is 0 Å². The van der Waals surface area contributed by atoms with Crippen LogP contribution in [-0.2, 0) is 5.11 Å². The maximum Gasteiger partial charge on any atom is 0.238 e. The smallest absolute Gasteiger partial charge is 0.238 e. The van der Waals surface area contributed by atoms with Crippen LogP contribution in [0.2, 0.25) is 0 Å². The van der Waals surface area contributed by atoms with E-state index in [2.05, 4.69) is 0 Å². The van der Waals surface area contributed by atoms with E-state index in [1.54, 1.807) is 0 Å². The highest BCUT2D eigenvalue weighted by atomic mass is 16.4. The van der Waals surface area contributed by atoms with Crippen molar-refractivity contribution in [1.82, 2.24) is 0 Å². The van der Waals surface area contributed by atoms with E-state index in [0.717, 1.165) is 24.3 Å². The van der Waals surface area contributed by atoms with Crippen molar-refractivity contribution in [3.63, 3.8) is 0 Å². The van der Waals surface area contributed by atoms with E-state index < -0.39 is 28.4 Å². The highest BCUT2D eigenvalue weighted by Gasteiger charge is 2.19. The average molecular weight is 301 g/mol. The molecule has 0 spiro atoms. The predicted molar refractivity (Wildman–Crippen MR) is 74.7 cm³/mol. The fourth-order valence-electron chi connectivity index (χ4n) is 2.13.